The lowest BCUT2D eigenvalue weighted by Crippen LogP contribution is -2.12. The van der Waals surface area contributed by atoms with E-state index in [0.29, 0.717) is 22.5 Å². The minimum atomic E-state index is 0.563. The van der Waals surface area contributed by atoms with E-state index in [4.69, 9.17) is 10.6 Å². The van der Waals surface area contributed by atoms with Crippen LogP contribution in [0.4, 0.5) is 0 Å². The van der Waals surface area contributed by atoms with Gasteiger partial charge in [0.25, 0.3) is 0 Å². The maximum atomic E-state index is 6.25. The van der Waals surface area contributed by atoms with Crippen molar-refractivity contribution in [3.05, 3.63) is 78.4 Å². The van der Waals surface area contributed by atoms with Crippen LogP contribution in [0.25, 0.3) is 11.4 Å². The number of imidazole rings is 1. The number of methoxy groups -OCH3 is 1. The smallest absolute Gasteiger partial charge is 0.210 e. The normalized spacial score (nSPS) is 10.9. The molecule has 2 heterocycles. The standard InChI is InChI=1S/C20H20N6OS/c1-27-17-10-6-5-9-16(17)19-23-24-20(26(19)21)28-14-18-22-11-12-25(18)13-15-7-3-2-4-8-15/h2-12H,13-14,21H2,1H3. The first-order chi connectivity index (χ1) is 13.8. The van der Waals surface area contributed by atoms with E-state index in [0.717, 1.165) is 17.9 Å². The topological polar surface area (TPSA) is 83.8 Å². The van der Waals surface area contributed by atoms with Crippen molar-refractivity contribution < 1.29 is 4.74 Å². The second-order valence-electron chi connectivity index (χ2n) is 6.12. The van der Waals surface area contributed by atoms with E-state index in [1.54, 1.807) is 7.11 Å². The van der Waals surface area contributed by atoms with Crippen LogP contribution in [0, 0.1) is 0 Å². The molecule has 142 valence electrons. The van der Waals surface area contributed by atoms with Crippen molar-refractivity contribution in [1.29, 1.82) is 0 Å². The zero-order valence-electron chi connectivity index (χ0n) is 15.4. The Hall–Kier alpha value is -3.26. The van der Waals surface area contributed by atoms with Gasteiger partial charge in [0, 0.05) is 18.9 Å². The van der Waals surface area contributed by atoms with Crippen LogP contribution < -0.4 is 10.6 Å². The molecule has 0 atom stereocenters. The molecular weight excluding hydrogens is 372 g/mol. The van der Waals surface area contributed by atoms with E-state index in [2.05, 4.69) is 31.9 Å². The Bertz CT molecular complexity index is 1060. The number of hydrogen-bond acceptors (Lipinski definition) is 6. The van der Waals surface area contributed by atoms with Crippen LogP contribution in [0.15, 0.2) is 72.1 Å². The Labute approximate surface area is 167 Å². The number of thioether (sulfide) groups is 1. The van der Waals surface area contributed by atoms with Crippen molar-refractivity contribution in [1.82, 2.24) is 24.4 Å². The molecule has 0 bridgehead atoms. The molecule has 0 saturated carbocycles. The molecule has 0 amide bonds. The summed E-state index contributed by atoms with van der Waals surface area (Å²) in [6.07, 6.45) is 3.79. The van der Waals surface area contributed by atoms with E-state index in [1.807, 2.05) is 54.9 Å². The Balaban J connectivity index is 1.50. The molecule has 4 aromatic rings. The molecular formula is C20H20N6OS. The maximum Gasteiger partial charge on any atom is 0.210 e. The van der Waals surface area contributed by atoms with Crippen molar-refractivity contribution in [3.8, 4) is 17.1 Å². The van der Waals surface area contributed by atoms with Gasteiger partial charge in [-0.25, -0.2) is 9.66 Å². The largest absolute Gasteiger partial charge is 0.496 e. The molecule has 2 aromatic heterocycles. The number of nitrogens with zero attached hydrogens (tertiary/aromatic N) is 5. The van der Waals surface area contributed by atoms with Crippen molar-refractivity contribution in [2.45, 2.75) is 17.5 Å². The van der Waals surface area contributed by atoms with Crippen molar-refractivity contribution in [2.24, 2.45) is 0 Å². The third kappa shape index (κ3) is 3.72. The quantitative estimate of drug-likeness (QED) is 0.384. The minimum absolute atomic E-state index is 0.563. The summed E-state index contributed by atoms with van der Waals surface area (Å²) in [5, 5.41) is 9.10. The van der Waals surface area contributed by atoms with Crippen molar-refractivity contribution in [3.63, 3.8) is 0 Å². The molecule has 7 nitrogen and oxygen atoms in total. The predicted octanol–water partition coefficient (Wildman–Crippen LogP) is 3.20. The van der Waals surface area contributed by atoms with Crippen molar-refractivity contribution in [2.75, 3.05) is 13.0 Å². The highest BCUT2D eigenvalue weighted by atomic mass is 32.2. The summed E-state index contributed by atoms with van der Waals surface area (Å²) in [4.78, 5) is 4.47. The van der Waals surface area contributed by atoms with E-state index in [-0.39, 0.29) is 0 Å². The number of hydrogen-bond donors (Lipinski definition) is 1. The number of benzene rings is 2. The third-order valence-corrected chi connectivity index (χ3v) is 5.28. The Morgan fingerprint density at radius 3 is 2.64 bits per heavy atom. The van der Waals surface area contributed by atoms with Gasteiger partial charge in [0.2, 0.25) is 5.16 Å². The number of aromatic nitrogens is 5. The first kappa shape index (κ1) is 18.1. The van der Waals surface area contributed by atoms with Crippen LogP contribution in [-0.4, -0.2) is 31.5 Å². The van der Waals surface area contributed by atoms with E-state index < -0.39 is 0 Å². The Kier molecular flexibility index (Phi) is 5.29. The lowest BCUT2D eigenvalue weighted by molar-refractivity contribution is 0.416. The summed E-state index contributed by atoms with van der Waals surface area (Å²) in [6.45, 7) is 0.776. The molecule has 0 spiro atoms. The van der Waals surface area contributed by atoms with Crippen LogP contribution in [0.1, 0.15) is 11.4 Å². The fourth-order valence-electron chi connectivity index (χ4n) is 2.92. The summed E-state index contributed by atoms with van der Waals surface area (Å²) in [7, 11) is 1.62. The van der Waals surface area contributed by atoms with Gasteiger partial charge in [0.1, 0.15) is 11.6 Å². The summed E-state index contributed by atoms with van der Waals surface area (Å²) in [6, 6.07) is 17.9. The van der Waals surface area contributed by atoms with E-state index in [9.17, 15) is 0 Å². The molecule has 0 aliphatic heterocycles. The number of nitrogens with two attached hydrogens (primary N) is 1. The van der Waals surface area contributed by atoms with Gasteiger partial charge in [-0.15, -0.1) is 10.2 Å². The summed E-state index contributed by atoms with van der Waals surface area (Å²) < 4.78 is 9.02. The molecule has 0 fully saturated rings. The van der Waals surface area contributed by atoms with Gasteiger partial charge in [-0.1, -0.05) is 54.2 Å². The number of para-hydroxylation sites is 1. The first-order valence-corrected chi connectivity index (χ1v) is 9.75. The number of nitrogen functional groups attached to an aromatic ring is 1. The van der Waals surface area contributed by atoms with Gasteiger partial charge in [-0.3, -0.25) is 0 Å². The van der Waals surface area contributed by atoms with E-state index in [1.165, 1.54) is 22.0 Å². The SMILES string of the molecule is COc1ccccc1-c1nnc(SCc2nccn2Cc2ccccc2)n1N. The fraction of sp³-hybridized carbons (Fsp3) is 0.150. The Morgan fingerprint density at radius 1 is 1.04 bits per heavy atom. The van der Waals surface area contributed by atoms with Gasteiger partial charge >= 0.3 is 0 Å². The second-order valence-corrected chi connectivity index (χ2v) is 7.06. The monoisotopic (exact) mass is 392 g/mol. The summed E-state index contributed by atoms with van der Waals surface area (Å²) >= 11 is 1.50. The van der Waals surface area contributed by atoms with E-state index >= 15 is 0 Å². The lowest BCUT2D eigenvalue weighted by atomic mass is 10.2. The average Bonchev–Trinajstić information content (AvgIpc) is 3.33. The van der Waals surface area contributed by atoms with Crippen LogP contribution in [-0.2, 0) is 12.3 Å². The first-order valence-electron chi connectivity index (χ1n) is 8.77. The zero-order valence-corrected chi connectivity index (χ0v) is 16.2. The molecule has 0 aliphatic rings. The maximum absolute atomic E-state index is 6.25. The van der Waals surface area contributed by atoms with Gasteiger partial charge in [0.05, 0.1) is 18.4 Å². The molecule has 2 N–H and O–H groups in total. The highest BCUT2D eigenvalue weighted by Crippen LogP contribution is 2.30. The van der Waals surface area contributed by atoms with Gasteiger partial charge in [0.15, 0.2) is 5.82 Å². The molecule has 0 radical (unpaired) electrons. The highest BCUT2D eigenvalue weighted by molar-refractivity contribution is 7.98. The van der Waals surface area contributed by atoms with Crippen LogP contribution in [0.3, 0.4) is 0 Å². The lowest BCUT2D eigenvalue weighted by Gasteiger charge is -2.09. The molecule has 0 aliphatic carbocycles. The predicted molar refractivity (Wildman–Crippen MR) is 109 cm³/mol. The molecule has 28 heavy (non-hydrogen) atoms. The van der Waals surface area contributed by atoms with Gasteiger partial charge in [-0.05, 0) is 17.7 Å². The molecule has 0 saturated heterocycles. The summed E-state index contributed by atoms with van der Waals surface area (Å²) in [5.41, 5.74) is 2.03. The molecule has 4 rings (SSSR count). The second kappa shape index (κ2) is 8.18. The van der Waals surface area contributed by atoms with Crippen LogP contribution >= 0.6 is 11.8 Å². The molecule has 0 unspecified atom stereocenters. The average molecular weight is 392 g/mol. The number of ether oxygens (including phenoxy) is 1. The molecule has 2 aromatic carbocycles. The highest BCUT2D eigenvalue weighted by Gasteiger charge is 2.16. The fourth-order valence-corrected chi connectivity index (χ4v) is 3.74. The van der Waals surface area contributed by atoms with Crippen LogP contribution in [0.5, 0.6) is 5.75 Å². The van der Waals surface area contributed by atoms with Crippen molar-refractivity contribution >= 4 is 11.8 Å². The number of rotatable bonds is 7. The summed E-state index contributed by atoms with van der Waals surface area (Å²) in [5.74, 6) is 9.11. The molecule has 8 heteroatoms. The zero-order chi connectivity index (χ0) is 19.3. The Morgan fingerprint density at radius 2 is 1.82 bits per heavy atom. The van der Waals surface area contributed by atoms with Crippen LogP contribution in [0.2, 0.25) is 0 Å². The van der Waals surface area contributed by atoms with Gasteiger partial charge in [-0.2, -0.15) is 0 Å². The third-order valence-electron chi connectivity index (χ3n) is 4.34. The minimum Gasteiger partial charge on any atom is -0.496 e. The van der Waals surface area contributed by atoms with Gasteiger partial charge < -0.3 is 15.1 Å².